The molecule has 1 N–H and O–H groups in total. The average molecular weight is 278 g/mol. The van der Waals surface area contributed by atoms with E-state index in [1.54, 1.807) is 12.3 Å². The Kier molecular flexibility index (Phi) is 3.07. The summed E-state index contributed by atoms with van der Waals surface area (Å²) in [6, 6.07) is 13.8. The maximum atomic E-state index is 8.83. The van der Waals surface area contributed by atoms with Crippen molar-refractivity contribution in [1.29, 1.82) is 5.26 Å². The predicted molar refractivity (Wildman–Crippen MR) is 77.4 cm³/mol. The van der Waals surface area contributed by atoms with Crippen LogP contribution in [0, 0.1) is 11.3 Å². The van der Waals surface area contributed by atoms with Crippen LogP contribution in [0.2, 0.25) is 0 Å². The largest absolute Gasteiger partial charge is 0.352 e. The van der Waals surface area contributed by atoms with Crippen molar-refractivity contribution in [3.05, 3.63) is 59.7 Å². The highest BCUT2D eigenvalue weighted by Crippen LogP contribution is 2.30. The summed E-state index contributed by atoms with van der Waals surface area (Å²) in [7, 11) is 0. The molecule has 0 aliphatic rings. The lowest BCUT2D eigenvalue weighted by Gasteiger charge is -2.20. The minimum atomic E-state index is -0.350. The number of nitriles is 1. The Balaban J connectivity index is 1.96. The summed E-state index contributed by atoms with van der Waals surface area (Å²) in [5, 5.41) is 12.9. The van der Waals surface area contributed by atoms with Crippen molar-refractivity contribution in [2.75, 3.05) is 0 Å². The minimum Gasteiger partial charge on any atom is -0.352 e. The zero-order chi connectivity index (χ0) is 14.9. The van der Waals surface area contributed by atoms with E-state index in [1.165, 1.54) is 0 Å². The zero-order valence-corrected chi connectivity index (χ0v) is 11.8. The van der Waals surface area contributed by atoms with Crippen LogP contribution in [0.3, 0.4) is 0 Å². The van der Waals surface area contributed by atoms with Gasteiger partial charge in [-0.3, -0.25) is 0 Å². The fourth-order valence-electron chi connectivity index (χ4n) is 2.16. The molecule has 0 radical (unpaired) electrons. The Labute approximate surface area is 122 Å². The first kappa shape index (κ1) is 13.1. The highest BCUT2D eigenvalue weighted by atomic mass is 16.5. The van der Waals surface area contributed by atoms with Crippen LogP contribution < -0.4 is 0 Å². The number of nitrogens with zero attached hydrogens (tertiary/aromatic N) is 3. The molecule has 1 aromatic carbocycles. The van der Waals surface area contributed by atoms with Crippen LogP contribution in [-0.2, 0) is 5.41 Å². The van der Waals surface area contributed by atoms with E-state index in [2.05, 4.69) is 29.0 Å². The van der Waals surface area contributed by atoms with Crippen LogP contribution in [0.15, 0.2) is 47.1 Å². The fourth-order valence-corrected chi connectivity index (χ4v) is 2.16. The molecular weight excluding hydrogens is 264 g/mol. The highest BCUT2D eigenvalue weighted by molar-refractivity contribution is 5.54. The van der Waals surface area contributed by atoms with E-state index in [9.17, 15) is 0 Å². The van der Waals surface area contributed by atoms with Gasteiger partial charge in [0.15, 0.2) is 5.82 Å². The van der Waals surface area contributed by atoms with Gasteiger partial charge >= 0.3 is 0 Å². The topological polar surface area (TPSA) is 78.5 Å². The Morgan fingerprint density at radius 2 is 2.00 bits per heavy atom. The van der Waals surface area contributed by atoms with Crippen LogP contribution in [0.4, 0.5) is 0 Å². The third kappa shape index (κ3) is 2.32. The third-order valence-corrected chi connectivity index (χ3v) is 3.53. The molecule has 21 heavy (non-hydrogen) atoms. The van der Waals surface area contributed by atoms with Crippen molar-refractivity contribution in [2.24, 2.45) is 0 Å². The number of benzene rings is 1. The average Bonchev–Trinajstić information content (AvgIpc) is 3.17. The Morgan fingerprint density at radius 3 is 2.67 bits per heavy atom. The maximum Gasteiger partial charge on any atom is 0.259 e. The molecule has 2 aromatic heterocycles. The van der Waals surface area contributed by atoms with Gasteiger partial charge in [-0.2, -0.15) is 10.2 Å². The Morgan fingerprint density at radius 1 is 1.24 bits per heavy atom. The molecule has 0 bridgehead atoms. The normalized spacial score (nSPS) is 11.3. The monoisotopic (exact) mass is 278 g/mol. The molecule has 0 amide bonds. The number of H-pyrrole nitrogens is 1. The van der Waals surface area contributed by atoms with Gasteiger partial charge in [0.1, 0.15) is 11.8 Å². The van der Waals surface area contributed by atoms with Crippen molar-refractivity contribution in [3.63, 3.8) is 0 Å². The zero-order valence-electron chi connectivity index (χ0n) is 11.8. The fraction of sp³-hybridized carbons (Fsp3) is 0.188. The summed E-state index contributed by atoms with van der Waals surface area (Å²) in [6.07, 6.45) is 1.69. The summed E-state index contributed by atoms with van der Waals surface area (Å²) in [5.74, 6) is 1.02. The van der Waals surface area contributed by atoms with Gasteiger partial charge in [0, 0.05) is 6.20 Å². The van der Waals surface area contributed by atoms with Crippen molar-refractivity contribution < 1.29 is 4.52 Å². The summed E-state index contributed by atoms with van der Waals surface area (Å²) in [6.45, 7) is 4.10. The van der Waals surface area contributed by atoms with E-state index < -0.39 is 0 Å². The first-order valence-corrected chi connectivity index (χ1v) is 6.60. The van der Waals surface area contributed by atoms with Crippen LogP contribution in [-0.4, -0.2) is 15.1 Å². The van der Waals surface area contributed by atoms with E-state index in [0.29, 0.717) is 23.0 Å². The molecule has 0 saturated carbocycles. The first-order valence-electron chi connectivity index (χ1n) is 6.60. The standard InChI is InChI=1S/C16H14N4O/c1-16(2,12-6-4-3-5-7-12)15-19-14(21-20-15)11-8-13(9-17)18-10-11/h3-8,10,18H,1-2H3. The van der Waals surface area contributed by atoms with Crippen LogP contribution in [0.5, 0.6) is 0 Å². The molecule has 3 aromatic rings. The summed E-state index contributed by atoms with van der Waals surface area (Å²) in [5.41, 5.74) is 1.95. The van der Waals surface area contributed by atoms with E-state index in [1.807, 2.05) is 36.4 Å². The van der Waals surface area contributed by atoms with Gasteiger partial charge in [0.05, 0.1) is 11.0 Å². The second kappa shape index (κ2) is 4.91. The smallest absolute Gasteiger partial charge is 0.259 e. The van der Waals surface area contributed by atoms with Crippen LogP contribution in [0.1, 0.15) is 30.9 Å². The maximum absolute atomic E-state index is 8.83. The molecule has 0 spiro atoms. The molecule has 0 aliphatic carbocycles. The molecule has 5 heteroatoms. The molecular formula is C16H14N4O. The Hall–Kier alpha value is -2.87. The number of rotatable bonds is 3. The molecule has 3 rings (SSSR count). The van der Waals surface area contributed by atoms with Crippen molar-refractivity contribution in [2.45, 2.75) is 19.3 Å². The van der Waals surface area contributed by atoms with Crippen molar-refractivity contribution >= 4 is 0 Å². The SMILES string of the molecule is CC(C)(c1ccccc1)c1noc(-c2c[nH]c(C#N)c2)n1. The molecule has 5 nitrogen and oxygen atoms in total. The summed E-state index contributed by atoms with van der Waals surface area (Å²) < 4.78 is 5.33. The van der Waals surface area contributed by atoms with Crippen molar-refractivity contribution in [1.82, 2.24) is 15.1 Å². The lowest BCUT2D eigenvalue weighted by atomic mass is 9.84. The minimum absolute atomic E-state index is 0.350. The van der Waals surface area contributed by atoms with Gasteiger partial charge in [-0.1, -0.05) is 35.5 Å². The summed E-state index contributed by atoms with van der Waals surface area (Å²) in [4.78, 5) is 7.31. The lowest BCUT2D eigenvalue weighted by molar-refractivity contribution is 0.408. The van der Waals surface area contributed by atoms with Crippen molar-refractivity contribution in [3.8, 4) is 17.5 Å². The third-order valence-electron chi connectivity index (χ3n) is 3.53. The quantitative estimate of drug-likeness (QED) is 0.797. The number of aromatic amines is 1. The van der Waals surface area contributed by atoms with Crippen LogP contribution in [0.25, 0.3) is 11.5 Å². The highest BCUT2D eigenvalue weighted by Gasteiger charge is 2.29. The number of aromatic nitrogens is 3. The summed E-state index contributed by atoms with van der Waals surface area (Å²) >= 11 is 0. The van der Waals surface area contributed by atoms with E-state index in [4.69, 9.17) is 9.78 Å². The Bertz CT molecular complexity index is 793. The molecule has 0 unspecified atom stereocenters. The van der Waals surface area contributed by atoms with Gasteiger partial charge < -0.3 is 9.51 Å². The van der Waals surface area contributed by atoms with Gasteiger partial charge in [0.2, 0.25) is 0 Å². The number of nitrogens with one attached hydrogen (secondary N) is 1. The number of hydrogen-bond acceptors (Lipinski definition) is 4. The first-order chi connectivity index (χ1) is 10.1. The number of hydrogen-bond donors (Lipinski definition) is 1. The van der Waals surface area contributed by atoms with E-state index >= 15 is 0 Å². The van der Waals surface area contributed by atoms with Gasteiger partial charge in [0.25, 0.3) is 5.89 Å². The van der Waals surface area contributed by atoms with E-state index in [0.717, 1.165) is 5.56 Å². The molecule has 0 atom stereocenters. The van der Waals surface area contributed by atoms with Crippen LogP contribution >= 0.6 is 0 Å². The predicted octanol–water partition coefficient (Wildman–Crippen LogP) is 3.26. The molecule has 0 saturated heterocycles. The van der Waals surface area contributed by atoms with Gasteiger partial charge in [-0.15, -0.1) is 0 Å². The van der Waals surface area contributed by atoms with Gasteiger partial charge in [-0.25, -0.2) is 0 Å². The van der Waals surface area contributed by atoms with Gasteiger partial charge in [-0.05, 0) is 25.5 Å². The molecule has 0 aliphatic heterocycles. The van der Waals surface area contributed by atoms with E-state index in [-0.39, 0.29) is 5.41 Å². The molecule has 104 valence electrons. The second-order valence-corrected chi connectivity index (χ2v) is 5.33. The second-order valence-electron chi connectivity index (χ2n) is 5.33. The molecule has 0 fully saturated rings. The lowest BCUT2D eigenvalue weighted by Crippen LogP contribution is -2.20. The molecule has 2 heterocycles.